The van der Waals surface area contributed by atoms with Gasteiger partial charge >= 0.3 is 0 Å². The molecule has 0 saturated carbocycles. The van der Waals surface area contributed by atoms with E-state index in [9.17, 15) is 4.79 Å². The third kappa shape index (κ3) is 5.08. The first-order valence-corrected chi connectivity index (χ1v) is 10.1. The third-order valence-corrected chi connectivity index (χ3v) is 5.48. The van der Waals surface area contributed by atoms with Crippen molar-refractivity contribution in [2.45, 2.75) is 39.5 Å². The van der Waals surface area contributed by atoms with E-state index in [2.05, 4.69) is 38.8 Å². The highest BCUT2D eigenvalue weighted by molar-refractivity contribution is 9.10. The Kier molecular flexibility index (Phi) is 6.50. The van der Waals surface area contributed by atoms with E-state index < -0.39 is 6.10 Å². The second-order valence-electron chi connectivity index (χ2n) is 7.17. The van der Waals surface area contributed by atoms with E-state index in [1.165, 1.54) is 5.56 Å². The van der Waals surface area contributed by atoms with Crippen LogP contribution in [-0.2, 0) is 11.3 Å². The molecule has 2 atom stereocenters. The number of hydrogen-bond donors (Lipinski definition) is 0. The molecule has 1 aromatic heterocycles. The van der Waals surface area contributed by atoms with Crippen molar-refractivity contribution in [1.82, 2.24) is 14.8 Å². The van der Waals surface area contributed by atoms with Gasteiger partial charge in [-0.2, -0.15) is 0 Å². The molecule has 2 aromatic rings. The van der Waals surface area contributed by atoms with Crippen LogP contribution in [0.1, 0.15) is 25.0 Å². The SMILES string of the molecule is Cc1ccc(O[C@H](C)C(=O)N2CCN(Cc3cccnc3)C[C@@H]2C)c(Br)c1. The summed E-state index contributed by atoms with van der Waals surface area (Å²) in [6, 6.07) is 10.1. The summed E-state index contributed by atoms with van der Waals surface area (Å²) in [6.07, 6.45) is 3.17. The van der Waals surface area contributed by atoms with Crippen LogP contribution in [0.5, 0.6) is 5.75 Å². The number of ether oxygens (including phenoxy) is 1. The molecule has 27 heavy (non-hydrogen) atoms. The number of carbonyl (C=O) groups is 1. The van der Waals surface area contributed by atoms with Crippen molar-refractivity contribution in [1.29, 1.82) is 0 Å². The van der Waals surface area contributed by atoms with Gasteiger partial charge in [-0.15, -0.1) is 0 Å². The normalized spacial score (nSPS) is 19.0. The number of rotatable bonds is 5. The summed E-state index contributed by atoms with van der Waals surface area (Å²) in [5, 5.41) is 0. The fraction of sp³-hybridized carbons (Fsp3) is 0.429. The van der Waals surface area contributed by atoms with Crippen LogP contribution < -0.4 is 4.74 Å². The van der Waals surface area contributed by atoms with Crippen molar-refractivity contribution in [2.75, 3.05) is 19.6 Å². The number of aromatic nitrogens is 1. The molecule has 1 aliphatic rings. The first-order valence-electron chi connectivity index (χ1n) is 9.28. The van der Waals surface area contributed by atoms with Crippen molar-refractivity contribution < 1.29 is 9.53 Å². The van der Waals surface area contributed by atoms with Crippen molar-refractivity contribution in [2.24, 2.45) is 0 Å². The number of hydrogen-bond acceptors (Lipinski definition) is 4. The van der Waals surface area contributed by atoms with E-state index in [1.54, 1.807) is 6.20 Å². The lowest BCUT2D eigenvalue weighted by atomic mass is 10.1. The van der Waals surface area contributed by atoms with Gasteiger partial charge in [0.05, 0.1) is 4.47 Å². The molecule has 5 nitrogen and oxygen atoms in total. The zero-order valence-corrected chi connectivity index (χ0v) is 17.6. The van der Waals surface area contributed by atoms with E-state index in [0.29, 0.717) is 12.3 Å². The molecule has 1 aromatic carbocycles. The average molecular weight is 432 g/mol. The van der Waals surface area contributed by atoms with Gasteiger partial charge in [-0.3, -0.25) is 14.7 Å². The van der Waals surface area contributed by atoms with Crippen LogP contribution >= 0.6 is 15.9 Å². The minimum Gasteiger partial charge on any atom is -0.480 e. The fourth-order valence-corrected chi connectivity index (χ4v) is 4.02. The Morgan fingerprint density at radius 3 is 2.85 bits per heavy atom. The number of halogens is 1. The molecule has 2 heterocycles. The van der Waals surface area contributed by atoms with Gasteiger partial charge in [-0.05, 0) is 66.0 Å². The van der Waals surface area contributed by atoms with Crippen LogP contribution in [-0.4, -0.2) is 52.5 Å². The number of pyridine rings is 1. The van der Waals surface area contributed by atoms with Gasteiger partial charge in [0.1, 0.15) is 5.75 Å². The van der Waals surface area contributed by atoms with E-state index in [0.717, 1.165) is 29.7 Å². The molecule has 0 spiro atoms. The van der Waals surface area contributed by atoms with Gasteiger partial charge < -0.3 is 9.64 Å². The number of amides is 1. The zero-order chi connectivity index (χ0) is 19.4. The van der Waals surface area contributed by atoms with Crippen molar-refractivity contribution in [3.63, 3.8) is 0 Å². The van der Waals surface area contributed by atoms with Crippen molar-refractivity contribution >= 4 is 21.8 Å². The average Bonchev–Trinajstić information content (AvgIpc) is 2.64. The maximum absolute atomic E-state index is 12.9. The van der Waals surface area contributed by atoms with Gasteiger partial charge in [0.15, 0.2) is 6.10 Å². The molecule has 1 amide bonds. The van der Waals surface area contributed by atoms with Gasteiger partial charge in [0, 0.05) is 44.6 Å². The lowest BCUT2D eigenvalue weighted by Crippen LogP contribution is -2.56. The Labute approximate surface area is 169 Å². The number of piperazine rings is 1. The minimum absolute atomic E-state index is 0.0380. The molecule has 1 fully saturated rings. The van der Waals surface area contributed by atoms with Crippen LogP contribution in [0.3, 0.4) is 0 Å². The molecular weight excluding hydrogens is 406 g/mol. The molecule has 144 valence electrons. The molecule has 1 aliphatic heterocycles. The third-order valence-electron chi connectivity index (χ3n) is 4.86. The predicted molar refractivity (Wildman–Crippen MR) is 110 cm³/mol. The topological polar surface area (TPSA) is 45.7 Å². The van der Waals surface area contributed by atoms with Crippen LogP contribution in [0.25, 0.3) is 0 Å². The smallest absolute Gasteiger partial charge is 0.263 e. The van der Waals surface area contributed by atoms with E-state index in [1.807, 2.05) is 49.2 Å². The first-order chi connectivity index (χ1) is 12.9. The Morgan fingerprint density at radius 2 is 2.19 bits per heavy atom. The summed E-state index contributed by atoms with van der Waals surface area (Å²) in [5.74, 6) is 0.736. The molecular formula is C21H26BrN3O2. The maximum atomic E-state index is 12.9. The summed E-state index contributed by atoms with van der Waals surface area (Å²) >= 11 is 3.51. The summed E-state index contributed by atoms with van der Waals surface area (Å²) in [4.78, 5) is 21.4. The van der Waals surface area contributed by atoms with Crippen LogP contribution in [0.2, 0.25) is 0 Å². The van der Waals surface area contributed by atoms with Crippen LogP contribution in [0, 0.1) is 6.92 Å². The molecule has 0 unspecified atom stereocenters. The molecule has 0 aliphatic carbocycles. The Hall–Kier alpha value is -1.92. The van der Waals surface area contributed by atoms with Gasteiger partial charge in [0.2, 0.25) is 0 Å². The van der Waals surface area contributed by atoms with E-state index >= 15 is 0 Å². The lowest BCUT2D eigenvalue weighted by molar-refractivity contribution is -0.142. The number of aryl methyl sites for hydroxylation is 1. The molecule has 3 rings (SSSR count). The molecule has 6 heteroatoms. The zero-order valence-electron chi connectivity index (χ0n) is 16.1. The summed E-state index contributed by atoms with van der Waals surface area (Å²) < 4.78 is 6.80. The second-order valence-corrected chi connectivity index (χ2v) is 8.03. The quantitative estimate of drug-likeness (QED) is 0.724. The second kappa shape index (κ2) is 8.85. The summed E-state index contributed by atoms with van der Waals surface area (Å²) in [7, 11) is 0. The van der Waals surface area contributed by atoms with E-state index in [-0.39, 0.29) is 11.9 Å². The Balaban J connectivity index is 1.57. The van der Waals surface area contributed by atoms with Crippen molar-refractivity contribution in [3.8, 4) is 5.75 Å². The maximum Gasteiger partial charge on any atom is 0.263 e. The van der Waals surface area contributed by atoms with Gasteiger partial charge in [-0.1, -0.05) is 12.1 Å². The monoisotopic (exact) mass is 431 g/mol. The molecule has 1 saturated heterocycles. The van der Waals surface area contributed by atoms with Crippen LogP contribution in [0.15, 0.2) is 47.2 Å². The highest BCUT2D eigenvalue weighted by Gasteiger charge is 2.31. The lowest BCUT2D eigenvalue weighted by Gasteiger charge is -2.40. The molecule has 0 radical (unpaired) electrons. The summed E-state index contributed by atoms with van der Waals surface area (Å²) in [5.41, 5.74) is 2.34. The standard InChI is InChI=1S/C21H26BrN3O2/c1-15-6-7-20(19(22)11-15)27-17(3)21(26)25-10-9-24(13-16(25)2)14-18-5-4-8-23-12-18/h4-8,11-12,16-17H,9-10,13-14H2,1-3H3/t16-,17+/m0/s1. The highest BCUT2D eigenvalue weighted by atomic mass is 79.9. The summed E-state index contributed by atoms with van der Waals surface area (Å²) in [6.45, 7) is 9.22. The fourth-order valence-electron chi connectivity index (χ4n) is 3.43. The van der Waals surface area contributed by atoms with Gasteiger partial charge in [-0.25, -0.2) is 0 Å². The Morgan fingerprint density at radius 1 is 1.37 bits per heavy atom. The minimum atomic E-state index is -0.517. The van der Waals surface area contributed by atoms with E-state index in [4.69, 9.17) is 4.74 Å². The largest absolute Gasteiger partial charge is 0.480 e. The number of carbonyl (C=O) groups excluding carboxylic acids is 1. The van der Waals surface area contributed by atoms with Gasteiger partial charge in [0.25, 0.3) is 5.91 Å². The molecule has 0 N–H and O–H groups in total. The number of benzene rings is 1. The highest BCUT2D eigenvalue weighted by Crippen LogP contribution is 2.27. The van der Waals surface area contributed by atoms with Crippen molar-refractivity contribution in [3.05, 3.63) is 58.3 Å². The first kappa shape index (κ1) is 19.8. The number of nitrogens with zero attached hydrogens (tertiary/aromatic N) is 3. The Bertz CT molecular complexity index is 784. The predicted octanol–water partition coefficient (Wildman–Crippen LogP) is 3.65. The van der Waals surface area contributed by atoms with Crippen LogP contribution in [0.4, 0.5) is 0 Å². The molecule has 0 bridgehead atoms.